The van der Waals surface area contributed by atoms with Crippen molar-refractivity contribution in [2.24, 2.45) is 0 Å². The lowest BCUT2D eigenvalue weighted by Crippen LogP contribution is -2.70. The van der Waals surface area contributed by atoms with Crippen LogP contribution in [-0.4, -0.2) is 23.1 Å². The van der Waals surface area contributed by atoms with Gasteiger partial charge in [0.2, 0.25) is 0 Å². The lowest BCUT2D eigenvalue weighted by atomic mass is 10.0. The SMILES string of the molecule is [O-][NH2+]c1cccnc1N1CCC(=CC#Cc2cncc(F)c2)CC1. The number of pyridine rings is 2. The van der Waals surface area contributed by atoms with Gasteiger partial charge in [-0.25, -0.2) is 9.37 Å². The number of anilines is 1. The summed E-state index contributed by atoms with van der Waals surface area (Å²) in [4.78, 5) is 10.2. The first-order valence-corrected chi connectivity index (χ1v) is 7.71. The van der Waals surface area contributed by atoms with Crippen LogP contribution in [0.1, 0.15) is 18.4 Å². The molecule has 6 heteroatoms. The molecule has 0 radical (unpaired) electrons. The van der Waals surface area contributed by atoms with Gasteiger partial charge in [-0.05, 0) is 31.1 Å². The Hall–Kier alpha value is -2.75. The summed E-state index contributed by atoms with van der Waals surface area (Å²) in [5.41, 5.74) is 3.26. The second-order valence-electron chi connectivity index (χ2n) is 5.48. The Kier molecular flexibility index (Phi) is 5.16. The molecule has 1 saturated heterocycles. The molecule has 0 bridgehead atoms. The lowest BCUT2D eigenvalue weighted by molar-refractivity contribution is -0.496. The first-order valence-electron chi connectivity index (χ1n) is 7.71. The molecule has 0 amide bonds. The van der Waals surface area contributed by atoms with E-state index in [1.807, 2.05) is 6.08 Å². The molecule has 3 heterocycles. The summed E-state index contributed by atoms with van der Waals surface area (Å²) < 4.78 is 13.0. The maximum absolute atomic E-state index is 13.0. The zero-order valence-corrected chi connectivity index (χ0v) is 13.1. The van der Waals surface area contributed by atoms with Crippen molar-refractivity contribution < 1.29 is 9.87 Å². The standard InChI is InChI=1S/C18H17FN4O/c19-16-11-15(12-20-13-16)4-1-3-14-6-9-23(10-7-14)18-17(22-24)5-2-8-21-18/h2-3,5,8,11-13H,6-7,9-10,22H2. The Morgan fingerprint density at radius 1 is 1.29 bits per heavy atom. The third-order valence-electron chi connectivity index (χ3n) is 3.85. The van der Waals surface area contributed by atoms with E-state index in [0.717, 1.165) is 43.4 Å². The molecule has 0 spiro atoms. The topological polar surface area (TPSA) is 68.7 Å². The Morgan fingerprint density at radius 3 is 2.88 bits per heavy atom. The fourth-order valence-corrected chi connectivity index (χ4v) is 2.62. The first-order chi connectivity index (χ1) is 11.8. The molecule has 5 nitrogen and oxygen atoms in total. The molecule has 1 fully saturated rings. The van der Waals surface area contributed by atoms with Crippen LogP contribution in [-0.2, 0) is 0 Å². The van der Waals surface area contributed by atoms with Crippen LogP contribution in [0.15, 0.2) is 48.4 Å². The predicted molar refractivity (Wildman–Crippen MR) is 89.8 cm³/mol. The van der Waals surface area contributed by atoms with Crippen LogP contribution in [0.5, 0.6) is 0 Å². The highest BCUT2D eigenvalue weighted by Gasteiger charge is 2.18. The number of hydrogen-bond donors (Lipinski definition) is 1. The van der Waals surface area contributed by atoms with Crippen molar-refractivity contribution in [3.8, 4) is 11.8 Å². The fraction of sp³-hybridized carbons (Fsp3) is 0.222. The molecule has 1 aliphatic rings. The normalized spacial score (nSPS) is 14.1. The van der Waals surface area contributed by atoms with E-state index in [4.69, 9.17) is 0 Å². The smallest absolute Gasteiger partial charge is 0.191 e. The summed E-state index contributed by atoms with van der Waals surface area (Å²) in [7, 11) is 0. The number of aromatic nitrogens is 2. The monoisotopic (exact) mass is 324 g/mol. The quantitative estimate of drug-likeness (QED) is 0.676. The van der Waals surface area contributed by atoms with E-state index in [1.54, 1.807) is 24.5 Å². The summed E-state index contributed by atoms with van der Waals surface area (Å²) in [5, 5.41) is 11.1. The molecular weight excluding hydrogens is 307 g/mol. The van der Waals surface area contributed by atoms with Gasteiger partial charge in [0, 0.05) is 37.1 Å². The number of nitrogens with two attached hydrogens (primary N) is 1. The molecule has 1 aliphatic heterocycles. The number of quaternary nitrogens is 1. The highest BCUT2D eigenvalue weighted by atomic mass is 19.1. The summed E-state index contributed by atoms with van der Waals surface area (Å²) in [6.45, 7) is 1.60. The van der Waals surface area contributed by atoms with Crippen LogP contribution in [0, 0.1) is 22.9 Å². The van der Waals surface area contributed by atoms with Gasteiger partial charge in [0.15, 0.2) is 11.5 Å². The average molecular weight is 324 g/mol. The zero-order valence-electron chi connectivity index (χ0n) is 13.1. The third kappa shape index (κ3) is 3.96. The Labute approximate surface area is 139 Å². The summed E-state index contributed by atoms with van der Waals surface area (Å²) in [6.07, 6.45) is 8.02. The molecule has 0 atom stereocenters. The number of halogens is 1. The molecule has 24 heavy (non-hydrogen) atoms. The van der Waals surface area contributed by atoms with Crippen LogP contribution < -0.4 is 10.4 Å². The molecule has 0 saturated carbocycles. The molecule has 2 N–H and O–H groups in total. The summed E-state index contributed by atoms with van der Waals surface area (Å²) >= 11 is 0. The van der Waals surface area contributed by atoms with E-state index in [1.165, 1.54) is 11.6 Å². The maximum Gasteiger partial charge on any atom is 0.191 e. The molecule has 0 unspecified atom stereocenters. The average Bonchev–Trinajstić information content (AvgIpc) is 2.62. The zero-order chi connectivity index (χ0) is 16.8. The molecule has 0 aromatic carbocycles. The maximum atomic E-state index is 13.0. The van der Waals surface area contributed by atoms with Gasteiger partial charge < -0.3 is 15.6 Å². The van der Waals surface area contributed by atoms with Crippen molar-refractivity contribution in [1.29, 1.82) is 0 Å². The van der Waals surface area contributed by atoms with Crippen LogP contribution in [0.3, 0.4) is 0 Å². The van der Waals surface area contributed by atoms with E-state index in [-0.39, 0.29) is 5.82 Å². The fourth-order valence-electron chi connectivity index (χ4n) is 2.62. The lowest BCUT2D eigenvalue weighted by Gasteiger charge is -2.29. The summed E-state index contributed by atoms with van der Waals surface area (Å²) in [5.74, 6) is 6.21. The van der Waals surface area contributed by atoms with Crippen LogP contribution in [0.4, 0.5) is 15.9 Å². The first kappa shape index (κ1) is 16.1. The van der Waals surface area contributed by atoms with Gasteiger partial charge in [0.25, 0.3) is 0 Å². The second-order valence-corrected chi connectivity index (χ2v) is 5.48. The predicted octanol–water partition coefficient (Wildman–Crippen LogP) is 1.89. The number of allylic oxidation sites excluding steroid dienone is 1. The van der Waals surface area contributed by atoms with E-state index < -0.39 is 0 Å². The van der Waals surface area contributed by atoms with Gasteiger partial charge in [-0.15, -0.1) is 0 Å². The van der Waals surface area contributed by atoms with Gasteiger partial charge in [-0.1, -0.05) is 17.4 Å². The minimum absolute atomic E-state index is 0.385. The molecule has 0 aliphatic carbocycles. The van der Waals surface area contributed by atoms with Crippen molar-refractivity contribution in [1.82, 2.24) is 9.97 Å². The minimum atomic E-state index is -0.385. The van der Waals surface area contributed by atoms with Crippen LogP contribution >= 0.6 is 0 Å². The van der Waals surface area contributed by atoms with Crippen molar-refractivity contribution >= 4 is 11.5 Å². The van der Waals surface area contributed by atoms with Gasteiger partial charge in [-0.3, -0.25) is 4.98 Å². The van der Waals surface area contributed by atoms with E-state index in [9.17, 15) is 9.60 Å². The van der Waals surface area contributed by atoms with Gasteiger partial charge in [0.1, 0.15) is 5.82 Å². The van der Waals surface area contributed by atoms with Crippen LogP contribution in [0.2, 0.25) is 0 Å². The van der Waals surface area contributed by atoms with Gasteiger partial charge in [0.05, 0.1) is 6.20 Å². The Balaban J connectivity index is 1.63. The van der Waals surface area contributed by atoms with Crippen LogP contribution in [0.25, 0.3) is 0 Å². The number of rotatable bonds is 2. The van der Waals surface area contributed by atoms with Gasteiger partial charge >= 0.3 is 0 Å². The highest BCUT2D eigenvalue weighted by Crippen LogP contribution is 2.24. The molecule has 2 aromatic heterocycles. The van der Waals surface area contributed by atoms with Crippen molar-refractivity contribution in [3.05, 3.63) is 65.0 Å². The van der Waals surface area contributed by atoms with Gasteiger partial charge in [-0.2, -0.15) is 0 Å². The van der Waals surface area contributed by atoms with E-state index in [0.29, 0.717) is 11.3 Å². The minimum Gasteiger partial charge on any atom is -0.630 e. The van der Waals surface area contributed by atoms with E-state index in [2.05, 4.69) is 26.7 Å². The Bertz CT molecular complexity index is 800. The number of nitrogens with zero attached hydrogens (tertiary/aromatic N) is 3. The largest absolute Gasteiger partial charge is 0.630 e. The van der Waals surface area contributed by atoms with Crippen molar-refractivity contribution in [2.75, 3.05) is 18.0 Å². The van der Waals surface area contributed by atoms with E-state index >= 15 is 0 Å². The highest BCUT2D eigenvalue weighted by molar-refractivity contribution is 5.57. The third-order valence-corrected chi connectivity index (χ3v) is 3.85. The van der Waals surface area contributed by atoms with Crippen molar-refractivity contribution in [2.45, 2.75) is 12.8 Å². The summed E-state index contributed by atoms with van der Waals surface area (Å²) in [6, 6.07) is 4.90. The molecule has 2 aromatic rings. The number of piperidine rings is 1. The molecule has 3 rings (SSSR count). The molecular formula is C18H17FN4O. The Morgan fingerprint density at radius 2 is 2.12 bits per heavy atom. The van der Waals surface area contributed by atoms with Crippen molar-refractivity contribution in [3.63, 3.8) is 0 Å². The molecule has 122 valence electrons. The second kappa shape index (κ2) is 7.68. The number of hydrogen-bond acceptors (Lipinski definition) is 4.